The molecule has 2 saturated heterocycles. The van der Waals surface area contributed by atoms with Gasteiger partial charge >= 0.3 is 6.18 Å². The van der Waals surface area contributed by atoms with Crippen molar-refractivity contribution < 1.29 is 22.7 Å². The number of amides is 1. The van der Waals surface area contributed by atoms with Crippen LogP contribution in [-0.2, 0) is 11.3 Å². The zero-order valence-corrected chi connectivity index (χ0v) is 21.6. The van der Waals surface area contributed by atoms with Crippen molar-refractivity contribution in [3.05, 3.63) is 54.2 Å². The van der Waals surface area contributed by atoms with Gasteiger partial charge in [-0.05, 0) is 38.0 Å². The van der Waals surface area contributed by atoms with Gasteiger partial charge in [0.15, 0.2) is 0 Å². The van der Waals surface area contributed by atoms with Gasteiger partial charge in [-0.1, -0.05) is 6.07 Å². The molecule has 0 radical (unpaired) electrons. The summed E-state index contributed by atoms with van der Waals surface area (Å²) in [6.07, 6.45) is 2.17. The Morgan fingerprint density at radius 3 is 2.69 bits per heavy atom. The minimum Gasteiger partial charge on any atom is -0.378 e. The second-order valence-corrected chi connectivity index (χ2v) is 10.5. The first-order valence-corrected chi connectivity index (χ1v) is 13.2. The average Bonchev–Trinajstić information content (AvgIpc) is 3.61. The van der Waals surface area contributed by atoms with Gasteiger partial charge in [-0.15, -0.1) is 0 Å². The smallest absolute Gasteiger partial charge is 0.378 e. The van der Waals surface area contributed by atoms with E-state index in [9.17, 15) is 18.0 Å². The number of anilines is 2. The van der Waals surface area contributed by atoms with Gasteiger partial charge in [0, 0.05) is 43.4 Å². The van der Waals surface area contributed by atoms with Crippen LogP contribution < -0.4 is 10.2 Å². The van der Waals surface area contributed by atoms with E-state index in [4.69, 9.17) is 9.72 Å². The molecular formula is C27H30F3N7O2. The van der Waals surface area contributed by atoms with Crippen LogP contribution >= 0.6 is 0 Å². The number of nitrogens with one attached hydrogen (secondary N) is 1. The molecular weight excluding hydrogens is 511 g/mol. The Hall–Kier alpha value is -3.51. The summed E-state index contributed by atoms with van der Waals surface area (Å²) in [5.41, 5.74) is 3.44. The SMILES string of the molecule is C[C@@H]1CN(c2cnc(C3CC3)c(NC(=O)c3cccc(-c4cnn(CC(F)(F)F)c4)n3)c2)CCN1C1COC1. The van der Waals surface area contributed by atoms with E-state index in [1.807, 2.05) is 12.3 Å². The zero-order chi connectivity index (χ0) is 27.1. The van der Waals surface area contributed by atoms with Crippen LogP contribution in [-0.4, -0.2) is 81.7 Å². The van der Waals surface area contributed by atoms with Crippen molar-refractivity contribution in [2.75, 3.05) is 43.1 Å². The Morgan fingerprint density at radius 2 is 2.00 bits per heavy atom. The van der Waals surface area contributed by atoms with Crippen LogP contribution in [0, 0.1) is 0 Å². The van der Waals surface area contributed by atoms with Gasteiger partial charge in [0.25, 0.3) is 5.91 Å². The van der Waals surface area contributed by atoms with Crippen molar-refractivity contribution in [1.29, 1.82) is 0 Å². The lowest BCUT2D eigenvalue weighted by molar-refractivity contribution is -0.142. The molecule has 206 valence electrons. The number of halogens is 3. The van der Waals surface area contributed by atoms with Crippen molar-refractivity contribution >= 4 is 17.3 Å². The normalized spacial score (nSPS) is 20.6. The maximum absolute atomic E-state index is 13.3. The molecule has 1 aliphatic carbocycles. The maximum atomic E-state index is 13.3. The highest BCUT2D eigenvalue weighted by molar-refractivity contribution is 6.03. The molecule has 1 N–H and O–H groups in total. The third-order valence-corrected chi connectivity index (χ3v) is 7.50. The number of piperazine rings is 1. The molecule has 0 unspecified atom stereocenters. The number of alkyl halides is 3. The standard InChI is InChI=1S/C27H30F3N7O2/c1-17-12-35(7-8-37(17)21-14-39-15-21)20-9-24(25(31-11-20)18-5-6-18)34-26(38)23-4-2-3-22(33-23)19-10-32-36(13-19)16-27(28,29)30/h2-4,9-11,13,17-18,21H,5-8,12,14-16H2,1H3,(H,34,38)/t17-/m1/s1. The highest BCUT2D eigenvalue weighted by atomic mass is 19.4. The van der Waals surface area contributed by atoms with Crippen LogP contribution in [0.2, 0.25) is 0 Å². The van der Waals surface area contributed by atoms with Crippen molar-refractivity contribution in [2.45, 2.75) is 50.5 Å². The second kappa shape index (κ2) is 10.2. The van der Waals surface area contributed by atoms with E-state index in [1.54, 1.807) is 18.2 Å². The topological polar surface area (TPSA) is 88.4 Å². The van der Waals surface area contributed by atoms with Gasteiger partial charge in [-0.3, -0.25) is 19.4 Å². The number of ether oxygens (including phenoxy) is 1. The van der Waals surface area contributed by atoms with E-state index in [0.717, 1.165) is 61.8 Å². The monoisotopic (exact) mass is 541 g/mol. The minimum absolute atomic E-state index is 0.160. The van der Waals surface area contributed by atoms with E-state index in [1.165, 1.54) is 12.4 Å². The van der Waals surface area contributed by atoms with Crippen LogP contribution in [0.15, 0.2) is 42.9 Å². The van der Waals surface area contributed by atoms with Crippen molar-refractivity contribution in [3.8, 4) is 11.3 Å². The molecule has 1 atom stereocenters. The summed E-state index contributed by atoms with van der Waals surface area (Å²) in [5, 5.41) is 6.79. The average molecular weight is 542 g/mol. The third kappa shape index (κ3) is 5.76. The number of carbonyl (C=O) groups is 1. The number of rotatable bonds is 7. The van der Waals surface area contributed by atoms with Crippen LogP contribution in [0.4, 0.5) is 24.5 Å². The molecule has 5 heterocycles. The van der Waals surface area contributed by atoms with Gasteiger partial charge in [0.2, 0.25) is 0 Å². The van der Waals surface area contributed by atoms with Crippen molar-refractivity contribution in [1.82, 2.24) is 24.6 Å². The van der Waals surface area contributed by atoms with Crippen LogP contribution in [0.1, 0.15) is 41.9 Å². The summed E-state index contributed by atoms with van der Waals surface area (Å²) in [6.45, 7) is 5.29. The lowest BCUT2D eigenvalue weighted by Crippen LogP contribution is -2.60. The molecule has 1 saturated carbocycles. The summed E-state index contributed by atoms with van der Waals surface area (Å²) in [4.78, 5) is 27.2. The molecule has 39 heavy (non-hydrogen) atoms. The van der Waals surface area contributed by atoms with Gasteiger partial charge < -0.3 is 15.0 Å². The van der Waals surface area contributed by atoms with Gasteiger partial charge in [-0.2, -0.15) is 18.3 Å². The number of pyridine rings is 2. The molecule has 3 aromatic rings. The summed E-state index contributed by atoms with van der Waals surface area (Å²) >= 11 is 0. The molecule has 6 rings (SSSR count). The molecule has 3 aromatic heterocycles. The Labute approximate surface area is 224 Å². The molecule has 2 aliphatic heterocycles. The predicted molar refractivity (Wildman–Crippen MR) is 139 cm³/mol. The third-order valence-electron chi connectivity index (χ3n) is 7.50. The zero-order valence-electron chi connectivity index (χ0n) is 21.6. The Morgan fingerprint density at radius 1 is 1.18 bits per heavy atom. The van der Waals surface area contributed by atoms with Crippen LogP contribution in [0.3, 0.4) is 0 Å². The van der Waals surface area contributed by atoms with Gasteiger partial charge in [0.1, 0.15) is 12.2 Å². The second-order valence-electron chi connectivity index (χ2n) is 10.5. The van der Waals surface area contributed by atoms with E-state index in [2.05, 4.69) is 32.1 Å². The molecule has 0 spiro atoms. The lowest BCUT2D eigenvalue weighted by atomic mass is 10.1. The fourth-order valence-electron chi connectivity index (χ4n) is 5.26. The molecule has 3 aliphatic rings. The predicted octanol–water partition coefficient (Wildman–Crippen LogP) is 3.94. The first-order valence-electron chi connectivity index (χ1n) is 13.2. The van der Waals surface area contributed by atoms with Crippen molar-refractivity contribution in [3.63, 3.8) is 0 Å². The van der Waals surface area contributed by atoms with E-state index >= 15 is 0 Å². The fourth-order valence-corrected chi connectivity index (χ4v) is 5.26. The van der Waals surface area contributed by atoms with Crippen LogP contribution in [0.5, 0.6) is 0 Å². The summed E-state index contributed by atoms with van der Waals surface area (Å²) < 4.78 is 44.3. The highest BCUT2D eigenvalue weighted by Gasteiger charge is 2.34. The first-order chi connectivity index (χ1) is 18.7. The number of nitrogens with zero attached hydrogens (tertiary/aromatic N) is 6. The fraction of sp³-hybridized carbons (Fsp3) is 0.481. The quantitative estimate of drug-likeness (QED) is 0.485. The number of aromatic nitrogens is 4. The minimum atomic E-state index is -4.38. The molecule has 0 aromatic carbocycles. The number of hydrogen-bond donors (Lipinski definition) is 1. The number of hydrogen-bond acceptors (Lipinski definition) is 7. The lowest BCUT2D eigenvalue weighted by Gasteiger charge is -2.47. The Kier molecular flexibility index (Phi) is 6.76. The van der Waals surface area contributed by atoms with Gasteiger partial charge in [-0.25, -0.2) is 4.98 Å². The van der Waals surface area contributed by atoms with E-state index < -0.39 is 18.6 Å². The van der Waals surface area contributed by atoms with Gasteiger partial charge in [0.05, 0.1) is 54.4 Å². The summed E-state index contributed by atoms with van der Waals surface area (Å²) in [6, 6.07) is 7.75. The summed E-state index contributed by atoms with van der Waals surface area (Å²) in [5.74, 6) is -0.0777. The Bertz CT molecular complexity index is 1350. The largest absolute Gasteiger partial charge is 0.408 e. The first kappa shape index (κ1) is 25.8. The van der Waals surface area contributed by atoms with E-state index in [0.29, 0.717) is 34.9 Å². The summed E-state index contributed by atoms with van der Waals surface area (Å²) in [7, 11) is 0. The molecule has 9 nitrogen and oxygen atoms in total. The maximum Gasteiger partial charge on any atom is 0.408 e. The molecule has 3 fully saturated rings. The Balaban J connectivity index is 1.19. The molecule has 12 heteroatoms. The molecule has 1 amide bonds. The van der Waals surface area contributed by atoms with Crippen LogP contribution in [0.25, 0.3) is 11.3 Å². The number of carbonyl (C=O) groups excluding carboxylic acids is 1. The van der Waals surface area contributed by atoms with E-state index in [-0.39, 0.29) is 5.69 Å². The molecule has 0 bridgehead atoms. The highest BCUT2D eigenvalue weighted by Crippen LogP contribution is 2.43. The van der Waals surface area contributed by atoms with Crippen molar-refractivity contribution in [2.24, 2.45) is 0 Å².